The van der Waals surface area contributed by atoms with E-state index in [0.29, 0.717) is 37.0 Å². The molecule has 6 rings (SSSR count). The second-order valence-corrected chi connectivity index (χ2v) is 14.0. The van der Waals surface area contributed by atoms with Crippen molar-refractivity contribution in [3.63, 3.8) is 0 Å². The van der Waals surface area contributed by atoms with E-state index in [2.05, 4.69) is 5.10 Å². The number of aryl methyl sites for hydroxylation is 1. The molecule has 43 heavy (non-hydrogen) atoms. The zero-order valence-corrected chi connectivity index (χ0v) is 26.9. The van der Waals surface area contributed by atoms with Crippen LogP contribution in [0.1, 0.15) is 16.1 Å². The maximum atomic E-state index is 14.6. The molecule has 2 aliphatic rings. The molecule has 4 aromatic rings. The van der Waals surface area contributed by atoms with Gasteiger partial charge in [0.2, 0.25) is 0 Å². The van der Waals surface area contributed by atoms with Crippen LogP contribution in [0.25, 0.3) is 28.2 Å². The Morgan fingerprint density at radius 3 is 2.47 bits per heavy atom. The number of hydrogen-bond donors (Lipinski definition) is 0. The van der Waals surface area contributed by atoms with Gasteiger partial charge in [0, 0.05) is 41.4 Å². The molecule has 0 spiro atoms. The number of hydrogen-bond acceptors (Lipinski definition) is 8. The third kappa shape index (κ3) is 5.58. The van der Waals surface area contributed by atoms with Gasteiger partial charge in [-0.15, -0.1) is 0 Å². The minimum absolute atomic E-state index is 0.174. The van der Waals surface area contributed by atoms with Gasteiger partial charge in [-0.2, -0.15) is 21.5 Å². The van der Waals surface area contributed by atoms with Gasteiger partial charge in [0.1, 0.15) is 70.8 Å². The van der Waals surface area contributed by atoms with E-state index in [1.54, 1.807) is 23.1 Å². The van der Waals surface area contributed by atoms with Gasteiger partial charge >= 0.3 is 0 Å². The van der Waals surface area contributed by atoms with Gasteiger partial charge in [0.15, 0.2) is 5.69 Å². The maximum Gasteiger partial charge on any atom is 0.273 e. The molecule has 1 aromatic carbocycles. The molecule has 0 N–H and O–H groups in total. The number of carbonyl (C=O) groups is 1. The van der Waals surface area contributed by atoms with Crippen molar-refractivity contribution >= 4 is 64.3 Å². The van der Waals surface area contributed by atoms with Gasteiger partial charge in [0.05, 0.1) is 43.9 Å². The van der Waals surface area contributed by atoms with E-state index in [4.69, 9.17) is 24.0 Å². The molecule has 5 heterocycles. The first-order valence-corrected chi connectivity index (χ1v) is 15.3. The van der Waals surface area contributed by atoms with Crippen LogP contribution in [0.15, 0.2) is 41.2 Å². The van der Waals surface area contributed by atoms with Crippen molar-refractivity contribution in [3.8, 4) is 39.7 Å². The Balaban J connectivity index is 1.49. The summed E-state index contributed by atoms with van der Waals surface area (Å²) in [6, 6.07) is 7.86. The fourth-order valence-electron chi connectivity index (χ4n) is 5.73. The van der Waals surface area contributed by atoms with Gasteiger partial charge in [-0.3, -0.25) is 9.48 Å². The number of methoxy groups -OCH3 is 1. The zero-order chi connectivity index (χ0) is 30.7. The van der Waals surface area contributed by atoms with E-state index >= 15 is 0 Å². The van der Waals surface area contributed by atoms with E-state index in [1.165, 1.54) is 0 Å². The van der Waals surface area contributed by atoms with Crippen LogP contribution < -0.4 is 9.47 Å². The predicted molar refractivity (Wildman–Crippen MR) is 182 cm³/mol. The summed E-state index contributed by atoms with van der Waals surface area (Å²) < 4.78 is 27.8. The first-order chi connectivity index (χ1) is 20.3. The molecule has 17 heteroatoms. The molecular formula is C26H33B6N5O5S. The summed E-state index contributed by atoms with van der Waals surface area (Å²) in [6.45, 7) is 1.44. The van der Waals surface area contributed by atoms with Gasteiger partial charge in [-0.25, -0.2) is 4.68 Å². The molecule has 0 aliphatic carbocycles. The van der Waals surface area contributed by atoms with Crippen LogP contribution in [0.3, 0.4) is 0 Å². The third-order valence-corrected chi connectivity index (χ3v) is 8.28. The quantitative estimate of drug-likeness (QED) is 0.193. The highest BCUT2D eigenvalue weighted by atomic mass is 32.1. The van der Waals surface area contributed by atoms with Crippen molar-refractivity contribution in [1.82, 2.24) is 24.5 Å². The number of thiophene rings is 1. The highest BCUT2D eigenvalue weighted by Gasteiger charge is 2.47. The summed E-state index contributed by atoms with van der Waals surface area (Å²) in [6.07, 6.45) is 1.90. The van der Waals surface area contributed by atoms with Crippen LogP contribution in [0.4, 0.5) is 0 Å². The van der Waals surface area contributed by atoms with Gasteiger partial charge in [-0.05, 0) is 34.1 Å². The van der Waals surface area contributed by atoms with Crippen molar-refractivity contribution in [1.29, 1.82) is 0 Å². The Labute approximate surface area is 260 Å². The number of amides is 1. The largest absolute Gasteiger partial charge is 0.496 e. The van der Waals surface area contributed by atoms with Crippen molar-refractivity contribution < 1.29 is 23.7 Å². The molecule has 1 amide bonds. The second kappa shape index (κ2) is 10.7. The van der Waals surface area contributed by atoms with Gasteiger partial charge < -0.3 is 23.8 Å². The standard InChI is InChI=1S/C26H33B6N5O5S/c1-35-5-3-18(33-35)15-7-16-20(8-19(15)39-2)41-9-17-21(34-37(22(16)17)14-4-6-43-10-14)23(38)36(25(27,28)29)11-24(12-40-13-24)42-26(30,31)32/h3-8,10H,9,11-13,27-32H2,1-2H3. The lowest BCUT2D eigenvalue weighted by atomic mass is 9.48. The molecular weight excluding hydrogens is 559 g/mol. The van der Waals surface area contributed by atoms with E-state index < -0.39 is 10.8 Å². The minimum Gasteiger partial charge on any atom is -0.496 e. The minimum atomic E-state index is -0.589. The summed E-state index contributed by atoms with van der Waals surface area (Å²) >= 11 is 1.58. The van der Waals surface area contributed by atoms with Crippen molar-refractivity contribution in [2.45, 2.75) is 22.7 Å². The first kappa shape index (κ1) is 29.8. The highest BCUT2D eigenvalue weighted by Crippen LogP contribution is 2.46. The van der Waals surface area contributed by atoms with Crippen molar-refractivity contribution in [2.75, 3.05) is 26.9 Å². The van der Waals surface area contributed by atoms with Crippen LogP contribution in [0.2, 0.25) is 0 Å². The molecule has 0 atom stereocenters. The molecule has 1 saturated heterocycles. The Morgan fingerprint density at radius 1 is 1.14 bits per heavy atom. The Kier molecular flexibility index (Phi) is 7.42. The van der Waals surface area contributed by atoms with E-state index in [1.807, 2.05) is 105 Å². The maximum absolute atomic E-state index is 14.6. The van der Waals surface area contributed by atoms with Crippen LogP contribution in [-0.2, 0) is 23.1 Å². The SMILES string of the molecule is BC(B)(B)OC1(CN(C(=O)c2nn(-c3ccsc3)c3c2COc2cc(OC)c(-c4ccn(C)n4)cc2-3)C(B)(B)B)COC1. The van der Waals surface area contributed by atoms with Gasteiger partial charge in [0.25, 0.3) is 5.91 Å². The molecule has 3 aromatic heterocycles. The summed E-state index contributed by atoms with van der Waals surface area (Å²) in [7, 11) is 15.7. The number of rotatable bonds is 9. The molecule has 216 valence electrons. The monoisotopic (exact) mass is 593 g/mol. The van der Waals surface area contributed by atoms with E-state index in [-0.39, 0.29) is 17.8 Å². The van der Waals surface area contributed by atoms with Crippen molar-refractivity contribution in [3.05, 3.63) is 52.5 Å². The van der Waals surface area contributed by atoms with E-state index in [0.717, 1.165) is 33.8 Å². The molecule has 0 radical (unpaired) electrons. The summed E-state index contributed by atoms with van der Waals surface area (Å²) in [4.78, 5) is 16.5. The Bertz CT molecular complexity index is 1680. The van der Waals surface area contributed by atoms with Crippen LogP contribution in [-0.4, -0.2) is 120 Å². The lowest BCUT2D eigenvalue weighted by Crippen LogP contribution is -2.67. The number of carbonyl (C=O) groups excluding carboxylic acids is 1. The van der Waals surface area contributed by atoms with Crippen LogP contribution >= 0.6 is 11.3 Å². The number of benzene rings is 1. The Hall–Kier alpha value is -3.28. The topological polar surface area (TPSA) is 92.9 Å². The smallest absolute Gasteiger partial charge is 0.273 e. The summed E-state index contributed by atoms with van der Waals surface area (Å²) in [5.74, 6) is 1.15. The number of fused-ring (bicyclic) bond motifs is 3. The average Bonchev–Trinajstić information content (AvgIpc) is 3.67. The lowest BCUT2D eigenvalue weighted by molar-refractivity contribution is -0.218. The molecule has 10 nitrogen and oxygen atoms in total. The van der Waals surface area contributed by atoms with E-state index in [9.17, 15) is 4.79 Å². The fourth-order valence-corrected chi connectivity index (χ4v) is 6.35. The molecule has 0 saturated carbocycles. The number of nitrogens with zero attached hydrogens (tertiary/aromatic N) is 5. The highest BCUT2D eigenvalue weighted by molar-refractivity contribution is 7.08. The van der Waals surface area contributed by atoms with Gasteiger partial charge in [-0.1, -0.05) is 0 Å². The normalized spacial score (nSPS) is 15.6. The number of aromatic nitrogens is 4. The predicted octanol–water partition coefficient (Wildman–Crippen LogP) is -2.85. The lowest BCUT2D eigenvalue weighted by Gasteiger charge is -2.50. The van der Waals surface area contributed by atoms with Crippen molar-refractivity contribution in [2.24, 2.45) is 7.05 Å². The summed E-state index contributed by atoms with van der Waals surface area (Å²) in [5.41, 5.74) is 4.64. The zero-order valence-electron chi connectivity index (χ0n) is 26.1. The third-order valence-electron chi connectivity index (χ3n) is 7.61. The molecule has 0 bridgehead atoms. The first-order valence-electron chi connectivity index (χ1n) is 14.4. The van der Waals surface area contributed by atoms with Crippen LogP contribution in [0, 0.1) is 0 Å². The Morgan fingerprint density at radius 2 is 1.91 bits per heavy atom. The fraction of sp³-hybridized carbons (Fsp3) is 0.346. The molecule has 1 fully saturated rings. The summed E-state index contributed by atoms with van der Waals surface area (Å²) in [5, 5.41) is 12.7. The number of ether oxygens (including phenoxy) is 4. The second-order valence-electron chi connectivity index (χ2n) is 13.2. The van der Waals surface area contributed by atoms with Crippen LogP contribution in [0.5, 0.6) is 11.5 Å². The average molecular weight is 593 g/mol. The molecule has 0 unspecified atom stereocenters. The molecule has 2 aliphatic heterocycles.